The Morgan fingerprint density at radius 1 is 1.37 bits per heavy atom. The monoisotopic (exact) mass is 273 g/mol. The van der Waals surface area contributed by atoms with E-state index in [9.17, 15) is 0 Å². The molecule has 4 heteroatoms. The zero-order valence-electron chi connectivity index (χ0n) is 10.5. The van der Waals surface area contributed by atoms with Crippen LogP contribution >= 0.6 is 11.6 Å². The molecule has 1 heterocycles. The summed E-state index contributed by atoms with van der Waals surface area (Å²) >= 11 is 6.18. The van der Waals surface area contributed by atoms with Crippen LogP contribution in [0.25, 0.3) is 0 Å². The lowest BCUT2D eigenvalue weighted by molar-refractivity contribution is 0.435. The average molecular weight is 274 g/mol. The fraction of sp³-hybridized carbons (Fsp3) is 0.267. The second-order valence-corrected chi connectivity index (χ2v) is 5.36. The number of rotatable bonds is 4. The number of hydrogen-bond acceptors (Lipinski definition) is 3. The summed E-state index contributed by atoms with van der Waals surface area (Å²) in [5.41, 5.74) is 6.78. The maximum absolute atomic E-state index is 6.18. The van der Waals surface area contributed by atoms with Gasteiger partial charge in [-0.05, 0) is 41.5 Å². The Hall–Kier alpha value is -1.42. The first-order chi connectivity index (χ1) is 9.29. The molecule has 3 N–H and O–H groups in total. The van der Waals surface area contributed by atoms with Crippen LogP contribution in [0.2, 0.25) is 5.02 Å². The van der Waals surface area contributed by atoms with E-state index in [2.05, 4.69) is 34.7 Å². The summed E-state index contributed by atoms with van der Waals surface area (Å²) in [6.45, 7) is 0. The van der Waals surface area contributed by atoms with Crippen LogP contribution in [0.5, 0.6) is 0 Å². The molecule has 0 aliphatic heterocycles. The molecule has 0 saturated carbocycles. The van der Waals surface area contributed by atoms with Gasteiger partial charge in [-0.15, -0.1) is 0 Å². The highest BCUT2D eigenvalue weighted by Crippen LogP contribution is 2.41. The van der Waals surface area contributed by atoms with Gasteiger partial charge >= 0.3 is 0 Å². The quantitative estimate of drug-likeness (QED) is 0.665. The summed E-state index contributed by atoms with van der Waals surface area (Å²) in [5.74, 6) is 6.25. The van der Waals surface area contributed by atoms with Gasteiger partial charge in [-0.3, -0.25) is 16.3 Å². The summed E-state index contributed by atoms with van der Waals surface area (Å²) < 4.78 is 0. The molecular weight excluding hydrogens is 258 g/mol. The number of pyridine rings is 1. The maximum Gasteiger partial charge on any atom is 0.0637 e. The predicted octanol–water partition coefficient (Wildman–Crippen LogP) is 2.97. The average Bonchev–Trinajstić information content (AvgIpc) is 2.42. The lowest BCUT2D eigenvalue weighted by atomic mass is 9.74. The van der Waals surface area contributed by atoms with Gasteiger partial charge in [-0.2, -0.15) is 0 Å². The largest absolute Gasteiger partial charge is 0.271 e. The third-order valence-corrected chi connectivity index (χ3v) is 4.18. The Labute approximate surface area is 117 Å². The van der Waals surface area contributed by atoms with Crippen molar-refractivity contribution in [1.82, 2.24) is 10.4 Å². The Morgan fingerprint density at radius 2 is 2.21 bits per heavy atom. The summed E-state index contributed by atoms with van der Waals surface area (Å²) in [4.78, 5) is 4.01. The minimum atomic E-state index is 0.0638. The van der Waals surface area contributed by atoms with Crippen molar-refractivity contribution in [1.29, 1.82) is 0 Å². The number of hydrazine groups is 1. The zero-order valence-corrected chi connectivity index (χ0v) is 11.3. The highest BCUT2D eigenvalue weighted by atomic mass is 35.5. The summed E-state index contributed by atoms with van der Waals surface area (Å²) in [6.07, 6.45) is 5.49. The smallest absolute Gasteiger partial charge is 0.0637 e. The Bertz CT molecular complexity index is 585. The lowest BCUT2D eigenvalue weighted by Gasteiger charge is -2.33. The van der Waals surface area contributed by atoms with Gasteiger partial charge in [0.25, 0.3) is 0 Å². The molecule has 1 aliphatic rings. The van der Waals surface area contributed by atoms with E-state index in [0.29, 0.717) is 10.9 Å². The first-order valence-electron chi connectivity index (χ1n) is 6.43. The van der Waals surface area contributed by atoms with Crippen LogP contribution in [-0.4, -0.2) is 4.98 Å². The number of hydrogen-bond donors (Lipinski definition) is 2. The zero-order chi connectivity index (χ0) is 13.2. The van der Waals surface area contributed by atoms with Crippen molar-refractivity contribution in [2.24, 2.45) is 5.84 Å². The van der Waals surface area contributed by atoms with Crippen molar-refractivity contribution in [2.75, 3.05) is 0 Å². The molecule has 1 aromatic heterocycles. The highest BCUT2D eigenvalue weighted by Gasteiger charge is 2.28. The van der Waals surface area contributed by atoms with Crippen molar-refractivity contribution >= 4 is 11.6 Å². The van der Waals surface area contributed by atoms with Crippen molar-refractivity contribution in [3.8, 4) is 0 Å². The van der Waals surface area contributed by atoms with Crippen LogP contribution < -0.4 is 11.3 Å². The predicted molar refractivity (Wildman–Crippen MR) is 76.8 cm³/mol. The van der Waals surface area contributed by atoms with Crippen LogP contribution in [0.1, 0.15) is 35.1 Å². The van der Waals surface area contributed by atoms with Crippen molar-refractivity contribution in [3.63, 3.8) is 0 Å². The van der Waals surface area contributed by atoms with Crippen molar-refractivity contribution in [2.45, 2.75) is 24.8 Å². The first-order valence-corrected chi connectivity index (χ1v) is 6.80. The maximum atomic E-state index is 6.18. The molecule has 3 nitrogen and oxygen atoms in total. The molecule has 0 amide bonds. The number of nitrogens with zero attached hydrogens (tertiary/aromatic N) is 1. The van der Waals surface area contributed by atoms with Crippen LogP contribution in [0.3, 0.4) is 0 Å². The number of nitrogens with two attached hydrogens (primary N) is 1. The summed E-state index contributed by atoms with van der Waals surface area (Å²) in [6, 6.07) is 10.6. The number of nitrogens with one attached hydrogen (secondary N) is 1. The van der Waals surface area contributed by atoms with Gasteiger partial charge in [0.1, 0.15) is 0 Å². The van der Waals surface area contributed by atoms with Crippen LogP contribution in [0, 0.1) is 0 Å². The van der Waals surface area contributed by atoms with E-state index in [0.717, 1.165) is 18.4 Å². The molecule has 0 saturated heterocycles. The molecule has 2 unspecified atom stereocenters. The van der Waals surface area contributed by atoms with E-state index < -0.39 is 0 Å². The van der Waals surface area contributed by atoms with Gasteiger partial charge in [0.2, 0.25) is 0 Å². The van der Waals surface area contributed by atoms with Gasteiger partial charge in [0, 0.05) is 18.4 Å². The second kappa shape index (κ2) is 5.29. The fourth-order valence-corrected chi connectivity index (χ4v) is 3.06. The number of aromatic nitrogens is 1. The molecular formula is C15H16ClN3. The van der Waals surface area contributed by atoms with Crippen LogP contribution in [0.4, 0.5) is 0 Å². The van der Waals surface area contributed by atoms with E-state index >= 15 is 0 Å². The van der Waals surface area contributed by atoms with Gasteiger partial charge in [0.15, 0.2) is 0 Å². The van der Waals surface area contributed by atoms with E-state index in [1.807, 2.05) is 6.07 Å². The van der Waals surface area contributed by atoms with E-state index in [-0.39, 0.29) is 6.04 Å². The summed E-state index contributed by atoms with van der Waals surface area (Å²) in [5, 5.41) is 0.665. The molecule has 98 valence electrons. The Kier molecular flexibility index (Phi) is 3.51. The first kappa shape index (κ1) is 12.6. The van der Waals surface area contributed by atoms with E-state index in [1.54, 1.807) is 12.4 Å². The SMILES string of the molecule is NNC(CC1Cc2ccccc21)c1ccncc1Cl. The summed E-state index contributed by atoms with van der Waals surface area (Å²) in [7, 11) is 0. The van der Waals surface area contributed by atoms with Gasteiger partial charge in [-0.25, -0.2) is 0 Å². The van der Waals surface area contributed by atoms with Gasteiger partial charge in [-0.1, -0.05) is 35.9 Å². The van der Waals surface area contributed by atoms with Crippen LogP contribution in [0.15, 0.2) is 42.7 Å². The minimum absolute atomic E-state index is 0.0638. The molecule has 0 fully saturated rings. The highest BCUT2D eigenvalue weighted by molar-refractivity contribution is 6.31. The topological polar surface area (TPSA) is 50.9 Å². The molecule has 0 radical (unpaired) electrons. The molecule has 0 bridgehead atoms. The van der Waals surface area contributed by atoms with Crippen molar-refractivity contribution < 1.29 is 0 Å². The molecule has 2 aromatic rings. The Morgan fingerprint density at radius 3 is 2.95 bits per heavy atom. The van der Waals surface area contributed by atoms with E-state index in [4.69, 9.17) is 17.4 Å². The lowest BCUT2D eigenvalue weighted by Crippen LogP contribution is -2.31. The molecule has 3 rings (SSSR count). The second-order valence-electron chi connectivity index (χ2n) is 4.95. The van der Waals surface area contributed by atoms with E-state index in [1.165, 1.54) is 11.1 Å². The van der Waals surface area contributed by atoms with Crippen LogP contribution in [-0.2, 0) is 6.42 Å². The third kappa shape index (κ3) is 2.37. The molecule has 1 aromatic carbocycles. The minimum Gasteiger partial charge on any atom is -0.271 e. The Balaban J connectivity index is 1.78. The number of halogens is 1. The fourth-order valence-electron chi connectivity index (χ4n) is 2.81. The molecule has 0 spiro atoms. The molecule has 2 atom stereocenters. The van der Waals surface area contributed by atoms with Gasteiger partial charge < -0.3 is 0 Å². The standard InChI is InChI=1S/C15H16ClN3/c16-14-9-18-6-5-13(14)15(19-17)8-11-7-10-3-1-2-4-12(10)11/h1-6,9,11,15,19H,7-8,17H2. The normalized spacial score (nSPS) is 18.5. The molecule has 19 heavy (non-hydrogen) atoms. The molecule has 1 aliphatic carbocycles. The van der Waals surface area contributed by atoms with Gasteiger partial charge in [0.05, 0.1) is 5.02 Å². The third-order valence-electron chi connectivity index (χ3n) is 3.86. The number of benzene rings is 1. The van der Waals surface area contributed by atoms with Crippen molar-refractivity contribution in [3.05, 3.63) is 64.4 Å². The number of fused-ring (bicyclic) bond motifs is 1.